The maximum atomic E-state index is 11.9. The molecule has 3 aromatic rings. The Balaban J connectivity index is 1.47. The summed E-state index contributed by atoms with van der Waals surface area (Å²) in [5.41, 5.74) is 6.62. The number of hydrogen-bond acceptors (Lipinski definition) is 6. The summed E-state index contributed by atoms with van der Waals surface area (Å²) < 4.78 is 6.05. The highest BCUT2D eigenvalue weighted by atomic mass is 32.1. The molecule has 27 heavy (non-hydrogen) atoms. The average molecular weight is 383 g/mol. The quantitative estimate of drug-likeness (QED) is 0.609. The molecule has 0 unspecified atom stereocenters. The molecule has 7 nitrogen and oxygen atoms in total. The first-order chi connectivity index (χ1) is 13.0. The molecule has 2 aromatic carbocycles. The average Bonchev–Trinajstić information content (AvgIpc) is 3.08. The number of hydrogen-bond donors (Lipinski definition) is 2. The van der Waals surface area contributed by atoms with Crippen molar-refractivity contribution in [3.63, 3.8) is 0 Å². The standard InChI is InChI=1S/C19H17N3O4S/c20-19(25)12-5-1-2-6-13(12)21-16(23)11-26-18(24)10-9-17-22-14-7-3-4-8-15(14)27-17/h1-8H,9-11H2,(H2,20,25)(H,21,23). The maximum Gasteiger partial charge on any atom is 0.306 e. The van der Waals surface area contributed by atoms with Gasteiger partial charge in [0.05, 0.1) is 32.9 Å². The molecule has 0 aliphatic heterocycles. The fraction of sp³-hybridized carbons (Fsp3) is 0.158. The number of fused-ring (bicyclic) bond motifs is 1. The number of aryl methyl sites for hydroxylation is 1. The lowest BCUT2D eigenvalue weighted by Gasteiger charge is -2.09. The van der Waals surface area contributed by atoms with Gasteiger partial charge in [-0.2, -0.15) is 0 Å². The van der Waals surface area contributed by atoms with Crippen molar-refractivity contribution < 1.29 is 19.1 Å². The number of rotatable bonds is 7. The van der Waals surface area contributed by atoms with E-state index in [4.69, 9.17) is 10.5 Å². The minimum absolute atomic E-state index is 0.130. The molecule has 0 fully saturated rings. The molecule has 0 bridgehead atoms. The summed E-state index contributed by atoms with van der Waals surface area (Å²) >= 11 is 1.53. The lowest BCUT2D eigenvalue weighted by atomic mass is 10.1. The number of esters is 1. The minimum atomic E-state index is -0.654. The van der Waals surface area contributed by atoms with Gasteiger partial charge in [0, 0.05) is 6.42 Å². The Bertz CT molecular complexity index is 966. The zero-order valence-electron chi connectivity index (χ0n) is 14.3. The van der Waals surface area contributed by atoms with E-state index in [2.05, 4.69) is 10.3 Å². The molecule has 1 heterocycles. The molecule has 0 aliphatic rings. The topological polar surface area (TPSA) is 111 Å². The van der Waals surface area contributed by atoms with E-state index in [0.717, 1.165) is 15.2 Å². The molecule has 3 N–H and O–H groups in total. The van der Waals surface area contributed by atoms with Crippen LogP contribution in [0, 0.1) is 0 Å². The molecule has 0 spiro atoms. The van der Waals surface area contributed by atoms with Gasteiger partial charge in [0.25, 0.3) is 11.8 Å². The lowest BCUT2D eigenvalue weighted by Crippen LogP contribution is -2.23. The molecule has 0 saturated heterocycles. The smallest absolute Gasteiger partial charge is 0.306 e. The van der Waals surface area contributed by atoms with Gasteiger partial charge in [0.1, 0.15) is 0 Å². The van der Waals surface area contributed by atoms with E-state index in [0.29, 0.717) is 6.42 Å². The number of thiazole rings is 1. The third-order valence-corrected chi connectivity index (χ3v) is 4.81. The molecule has 138 valence electrons. The first-order valence-electron chi connectivity index (χ1n) is 8.21. The minimum Gasteiger partial charge on any atom is -0.456 e. The van der Waals surface area contributed by atoms with Gasteiger partial charge in [0.2, 0.25) is 0 Å². The van der Waals surface area contributed by atoms with Crippen LogP contribution in [0.25, 0.3) is 10.2 Å². The van der Waals surface area contributed by atoms with Gasteiger partial charge in [0.15, 0.2) is 6.61 Å². The number of primary amides is 1. The Kier molecular flexibility index (Phi) is 5.77. The number of nitrogens with one attached hydrogen (secondary N) is 1. The largest absolute Gasteiger partial charge is 0.456 e. The van der Waals surface area contributed by atoms with E-state index in [1.165, 1.54) is 17.4 Å². The van der Waals surface area contributed by atoms with Gasteiger partial charge in [-0.15, -0.1) is 11.3 Å². The van der Waals surface area contributed by atoms with Crippen molar-refractivity contribution in [2.45, 2.75) is 12.8 Å². The van der Waals surface area contributed by atoms with Crippen molar-refractivity contribution in [3.8, 4) is 0 Å². The second-order valence-corrected chi connectivity index (χ2v) is 6.81. The number of carbonyl (C=O) groups excluding carboxylic acids is 3. The second-order valence-electron chi connectivity index (χ2n) is 5.69. The van der Waals surface area contributed by atoms with E-state index in [-0.39, 0.29) is 17.7 Å². The van der Waals surface area contributed by atoms with Crippen LogP contribution in [0.5, 0.6) is 0 Å². The number of anilines is 1. The van der Waals surface area contributed by atoms with Crippen molar-refractivity contribution in [2.75, 3.05) is 11.9 Å². The van der Waals surface area contributed by atoms with Gasteiger partial charge >= 0.3 is 5.97 Å². The van der Waals surface area contributed by atoms with Crippen LogP contribution in [0.4, 0.5) is 5.69 Å². The Morgan fingerprint density at radius 2 is 1.81 bits per heavy atom. The molecule has 8 heteroatoms. The number of aromatic nitrogens is 1. The number of carbonyl (C=O) groups is 3. The Hall–Kier alpha value is -3.26. The van der Waals surface area contributed by atoms with Crippen molar-refractivity contribution in [1.29, 1.82) is 0 Å². The summed E-state index contributed by atoms with van der Waals surface area (Å²) in [4.78, 5) is 39.6. The second kappa shape index (κ2) is 8.41. The monoisotopic (exact) mass is 383 g/mol. The van der Waals surface area contributed by atoms with Gasteiger partial charge in [-0.1, -0.05) is 24.3 Å². The van der Waals surface area contributed by atoms with Crippen molar-refractivity contribution in [1.82, 2.24) is 4.98 Å². The van der Waals surface area contributed by atoms with Crippen LogP contribution >= 0.6 is 11.3 Å². The third-order valence-electron chi connectivity index (χ3n) is 3.71. The first kappa shape index (κ1) is 18.5. The van der Waals surface area contributed by atoms with Gasteiger partial charge in [-0.05, 0) is 24.3 Å². The molecule has 3 rings (SSSR count). The summed E-state index contributed by atoms with van der Waals surface area (Å²) in [6, 6.07) is 14.1. The van der Waals surface area contributed by atoms with E-state index in [9.17, 15) is 14.4 Å². The number of amides is 2. The van der Waals surface area contributed by atoms with E-state index in [1.54, 1.807) is 18.2 Å². The zero-order chi connectivity index (χ0) is 19.2. The van der Waals surface area contributed by atoms with Crippen LogP contribution in [0.15, 0.2) is 48.5 Å². The predicted molar refractivity (Wildman–Crippen MR) is 102 cm³/mol. The van der Waals surface area contributed by atoms with E-state index < -0.39 is 24.4 Å². The Morgan fingerprint density at radius 3 is 2.59 bits per heavy atom. The summed E-state index contributed by atoms with van der Waals surface area (Å²) in [5.74, 6) is -1.69. The highest BCUT2D eigenvalue weighted by molar-refractivity contribution is 7.18. The highest BCUT2D eigenvalue weighted by Gasteiger charge is 2.13. The van der Waals surface area contributed by atoms with Crippen LogP contribution in [-0.2, 0) is 20.7 Å². The fourth-order valence-corrected chi connectivity index (χ4v) is 3.41. The molecular formula is C19H17N3O4S. The summed E-state index contributed by atoms with van der Waals surface area (Å²) in [5, 5.41) is 3.35. The van der Waals surface area contributed by atoms with Crippen LogP contribution in [0.3, 0.4) is 0 Å². The van der Waals surface area contributed by atoms with Crippen molar-refractivity contribution in [3.05, 3.63) is 59.1 Å². The molecular weight excluding hydrogens is 366 g/mol. The Labute approximate surface area is 159 Å². The summed E-state index contributed by atoms with van der Waals surface area (Å²) in [7, 11) is 0. The van der Waals surface area contributed by atoms with E-state index >= 15 is 0 Å². The van der Waals surface area contributed by atoms with Crippen LogP contribution in [0.2, 0.25) is 0 Å². The molecule has 2 amide bonds. The van der Waals surface area contributed by atoms with Gasteiger partial charge in [-0.25, -0.2) is 4.98 Å². The number of nitrogens with two attached hydrogens (primary N) is 1. The third kappa shape index (κ3) is 4.89. The molecule has 0 saturated carbocycles. The molecule has 0 radical (unpaired) electrons. The van der Waals surface area contributed by atoms with Gasteiger partial charge in [-0.3, -0.25) is 14.4 Å². The molecule has 0 atom stereocenters. The SMILES string of the molecule is NC(=O)c1ccccc1NC(=O)COC(=O)CCc1nc2ccccc2s1. The van der Waals surface area contributed by atoms with E-state index in [1.807, 2.05) is 24.3 Å². The zero-order valence-corrected chi connectivity index (χ0v) is 15.1. The van der Waals surface area contributed by atoms with Gasteiger partial charge < -0.3 is 15.8 Å². The Morgan fingerprint density at radius 1 is 1.07 bits per heavy atom. The normalized spacial score (nSPS) is 10.5. The first-order valence-corrected chi connectivity index (χ1v) is 9.03. The fourth-order valence-electron chi connectivity index (χ4n) is 2.45. The lowest BCUT2D eigenvalue weighted by molar-refractivity contribution is -0.147. The van der Waals surface area contributed by atoms with Crippen LogP contribution in [-0.4, -0.2) is 29.4 Å². The summed E-state index contributed by atoms with van der Waals surface area (Å²) in [6.07, 6.45) is 0.579. The number of para-hydroxylation sites is 2. The summed E-state index contributed by atoms with van der Waals surface area (Å²) in [6.45, 7) is -0.439. The van der Waals surface area contributed by atoms with Crippen LogP contribution < -0.4 is 11.1 Å². The van der Waals surface area contributed by atoms with Crippen LogP contribution in [0.1, 0.15) is 21.8 Å². The number of benzene rings is 2. The molecule has 1 aromatic heterocycles. The predicted octanol–water partition coefficient (Wildman–Crippen LogP) is 2.51. The molecule has 0 aliphatic carbocycles. The van der Waals surface area contributed by atoms with Crippen molar-refractivity contribution >= 4 is 45.0 Å². The number of nitrogens with zero attached hydrogens (tertiary/aromatic N) is 1. The maximum absolute atomic E-state index is 11.9. The number of ether oxygens (including phenoxy) is 1. The highest BCUT2D eigenvalue weighted by Crippen LogP contribution is 2.22. The van der Waals surface area contributed by atoms with Crippen molar-refractivity contribution in [2.24, 2.45) is 5.73 Å².